The lowest BCUT2D eigenvalue weighted by molar-refractivity contribution is -0.873. The molecule has 0 aliphatic rings. The zero-order valence-corrected chi connectivity index (χ0v) is 9.32. The largest absolute Gasteiger partial charge is 0.550 e. The van der Waals surface area contributed by atoms with Crippen molar-refractivity contribution in [1.29, 1.82) is 0 Å². The van der Waals surface area contributed by atoms with Crippen molar-refractivity contribution in [2.75, 3.05) is 27.7 Å². The van der Waals surface area contributed by atoms with E-state index in [1.807, 2.05) is 21.1 Å². The maximum absolute atomic E-state index is 10.0. The highest BCUT2D eigenvalue weighted by Gasteiger charge is 2.14. The number of rotatable bonds is 4. The lowest BCUT2D eigenvalue weighted by Gasteiger charge is -2.26. The van der Waals surface area contributed by atoms with Gasteiger partial charge in [-0.1, -0.05) is 0 Å². The van der Waals surface area contributed by atoms with Crippen LogP contribution in [0, 0.1) is 0 Å². The number of carboxylic acid groups (broad SMARTS) is 1. The fourth-order valence-electron chi connectivity index (χ4n) is 0.889. The predicted octanol–water partition coefficient (Wildman–Crippen LogP) is -2.19. The van der Waals surface area contributed by atoms with Crippen molar-refractivity contribution in [3.05, 3.63) is 0 Å². The number of hydrogen-bond acceptors (Lipinski definition) is 3. The molecule has 0 spiro atoms. The molecule has 1 atom stereocenters. The molecule has 0 unspecified atom stereocenters. The average Bonchev–Trinajstić information content (AvgIpc) is 1.53. The van der Waals surface area contributed by atoms with Gasteiger partial charge in [-0.25, -0.2) is 0 Å². The normalized spacial score (nSPS) is 13.3. The van der Waals surface area contributed by atoms with E-state index in [-0.39, 0.29) is 29.5 Å². The number of nitrogens with zero attached hydrogens (tertiary/aromatic N) is 1. The molecule has 0 aliphatic carbocycles. The monoisotopic (exact) mass is 185 g/mol. The lowest BCUT2D eigenvalue weighted by Crippen LogP contribution is -2.43. The minimum atomic E-state index is -1.20. The SMILES string of the molecule is C[N+](C)(C)C[C@H](O)CC(=O)[O-].[Mg]. The van der Waals surface area contributed by atoms with Crippen LogP contribution in [-0.2, 0) is 4.79 Å². The summed E-state index contributed by atoms with van der Waals surface area (Å²) in [6.07, 6.45) is -1.09. The Kier molecular flexibility index (Phi) is 7.02. The highest BCUT2D eigenvalue weighted by Crippen LogP contribution is 1.97. The molecule has 0 heterocycles. The zero-order chi connectivity index (χ0) is 9.07. The van der Waals surface area contributed by atoms with Crippen LogP contribution in [0.5, 0.6) is 0 Å². The quantitative estimate of drug-likeness (QED) is 0.400. The molecule has 0 saturated heterocycles. The van der Waals surface area contributed by atoms with Crippen LogP contribution in [0.2, 0.25) is 0 Å². The highest BCUT2D eigenvalue weighted by molar-refractivity contribution is 5.75. The zero-order valence-electron chi connectivity index (χ0n) is 7.91. The summed E-state index contributed by atoms with van der Waals surface area (Å²) in [6.45, 7) is 0.425. The van der Waals surface area contributed by atoms with Gasteiger partial charge in [-0.2, -0.15) is 0 Å². The molecule has 2 radical (unpaired) electrons. The van der Waals surface area contributed by atoms with Gasteiger partial charge in [0.15, 0.2) is 0 Å². The molecule has 0 aromatic carbocycles. The number of aliphatic carboxylic acids is 1. The van der Waals surface area contributed by atoms with Gasteiger partial charge in [-0.05, 0) is 0 Å². The second kappa shape index (κ2) is 5.74. The van der Waals surface area contributed by atoms with Gasteiger partial charge >= 0.3 is 0 Å². The van der Waals surface area contributed by atoms with Crippen LogP contribution in [-0.4, -0.2) is 72.4 Å². The lowest BCUT2D eigenvalue weighted by atomic mass is 10.2. The Morgan fingerprint density at radius 3 is 2.17 bits per heavy atom. The number of aliphatic hydroxyl groups excluding tert-OH is 1. The van der Waals surface area contributed by atoms with E-state index in [2.05, 4.69) is 0 Å². The molecular formula is C7H15MgNO3. The second-order valence-corrected chi connectivity index (χ2v) is 3.70. The van der Waals surface area contributed by atoms with Gasteiger partial charge in [0.2, 0.25) is 0 Å². The first-order valence-electron chi connectivity index (χ1n) is 3.49. The summed E-state index contributed by atoms with van der Waals surface area (Å²) in [5.74, 6) is -1.20. The van der Waals surface area contributed by atoms with E-state index in [1.165, 1.54) is 0 Å². The Morgan fingerprint density at radius 2 is 1.92 bits per heavy atom. The Morgan fingerprint density at radius 1 is 1.50 bits per heavy atom. The second-order valence-electron chi connectivity index (χ2n) is 3.70. The van der Waals surface area contributed by atoms with Gasteiger partial charge in [0, 0.05) is 35.4 Å². The number of aliphatic hydroxyl groups is 1. The number of likely N-dealkylation sites (N-methyl/N-ethyl adjacent to an activating group) is 1. The van der Waals surface area contributed by atoms with Crippen molar-refractivity contribution in [3.63, 3.8) is 0 Å². The molecule has 12 heavy (non-hydrogen) atoms. The summed E-state index contributed by atoms with van der Waals surface area (Å²) in [6, 6.07) is 0. The van der Waals surface area contributed by atoms with E-state index >= 15 is 0 Å². The molecule has 5 heteroatoms. The highest BCUT2D eigenvalue weighted by atomic mass is 24.3. The third-order valence-electron chi connectivity index (χ3n) is 1.16. The Bertz CT molecular complexity index is 144. The van der Waals surface area contributed by atoms with E-state index in [9.17, 15) is 9.90 Å². The van der Waals surface area contributed by atoms with E-state index in [0.717, 1.165) is 0 Å². The summed E-state index contributed by atoms with van der Waals surface area (Å²) in [4.78, 5) is 10.0. The molecule has 0 rings (SSSR count). The van der Waals surface area contributed by atoms with Gasteiger partial charge in [-0.3, -0.25) is 0 Å². The summed E-state index contributed by atoms with van der Waals surface area (Å²) >= 11 is 0. The summed E-state index contributed by atoms with van der Waals surface area (Å²) in [5.41, 5.74) is 0. The Labute approximate surface area is 88.9 Å². The molecule has 0 bridgehead atoms. The molecule has 4 nitrogen and oxygen atoms in total. The first-order valence-corrected chi connectivity index (χ1v) is 3.49. The van der Waals surface area contributed by atoms with E-state index < -0.39 is 12.1 Å². The van der Waals surface area contributed by atoms with Crippen molar-refractivity contribution in [2.45, 2.75) is 12.5 Å². The molecule has 68 valence electrons. The van der Waals surface area contributed by atoms with Crippen LogP contribution in [0.3, 0.4) is 0 Å². The Hall–Kier alpha value is 0.156. The van der Waals surface area contributed by atoms with Crippen molar-refractivity contribution in [1.82, 2.24) is 0 Å². The van der Waals surface area contributed by atoms with Crippen molar-refractivity contribution in [3.8, 4) is 0 Å². The summed E-state index contributed by atoms with van der Waals surface area (Å²) in [5, 5.41) is 19.1. The standard InChI is InChI=1S/C7H15NO3.Mg/c1-8(2,3)5-6(9)4-7(10)11;/h6,9H,4-5H2,1-3H3;/t6-;/m1./s1. The minimum absolute atomic E-state index is 0. The first kappa shape index (κ1) is 14.7. The smallest absolute Gasteiger partial charge is 0.108 e. The fraction of sp³-hybridized carbons (Fsp3) is 0.857. The number of hydrogen-bond donors (Lipinski definition) is 1. The number of carboxylic acids is 1. The molecule has 0 aromatic heterocycles. The Balaban J connectivity index is 0. The number of carbonyl (C=O) groups excluding carboxylic acids is 1. The van der Waals surface area contributed by atoms with Crippen LogP contribution in [0.15, 0.2) is 0 Å². The third-order valence-corrected chi connectivity index (χ3v) is 1.16. The topological polar surface area (TPSA) is 60.4 Å². The third kappa shape index (κ3) is 10.2. The molecule has 0 amide bonds. The molecule has 1 N–H and O–H groups in total. The maximum Gasteiger partial charge on any atom is 0.108 e. The van der Waals surface area contributed by atoms with Gasteiger partial charge in [0.1, 0.15) is 12.6 Å². The van der Waals surface area contributed by atoms with Crippen LogP contribution in [0.25, 0.3) is 0 Å². The van der Waals surface area contributed by atoms with Gasteiger partial charge in [0.05, 0.1) is 21.1 Å². The first-order chi connectivity index (χ1) is 4.81. The maximum atomic E-state index is 10.0. The van der Waals surface area contributed by atoms with Gasteiger partial charge in [-0.15, -0.1) is 0 Å². The molecular weight excluding hydrogens is 170 g/mol. The van der Waals surface area contributed by atoms with Crippen molar-refractivity contribution < 1.29 is 19.5 Å². The molecule has 0 aliphatic heterocycles. The van der Waals surface area contributed by atoms with Gasteiger partial charge < -0.3 is 19.5 Å². The van der Waals surface area contributed by atoms with E-state index in [1.54, 1.807) is 0 Å². The van der Waals surface area contributed by atoms with Crippen LogP contribution >= 0.6 is 0 Å². The summed E-state index contributed by atoms with van der Waals surface area (Å²) in [7, 11) is 5.66. The predicted molar refractivity (Wildman–Crippen MR) is 44.3 cm³/mol. The summed E-state index contributed by atoms with van der Waals surface area (Å²) < 4.78 is 0.550. The number of carbonyl (C=O) groups is 1. The van der Waals surface area contributed by atoms with Gasteiger partial charge in [0.25, 0.3) is 0 Å². The van der Waals surface area contributed by atoms with Crippen molar-refractivity contribution in [2.24, 2.45) is 0 Å². The fourth-order valence-corrected chi connectivity index (χ4v) is 0.889. The molecule has 0 aromatic rings. The van der Waals surface area contributed by atoms with Crippen molar-refractivity contribution >= 4 is 29.0 Å². The van der Waals surface area contributed by atoms with E-state index in [4.69, 9.17) is 5.11 Å². The van der Waals surface area contributed by atoms with Crippen LogP contribution in [0.1, 0.15) is 6.42 Å². The van der Waals surface area contributed by atoms with E-state index in [0.29, 0.717) is 11.0 Å². The van der Waals surface area contributed by atoms with Crippen LogP contribution in [0.4, 0.5) is 0 Å². The minimum Gasteiger partial charge on any atom is -0.550 e. The molecule has 0 saturated carbocycles. The van der Waals surface area contributed by atoms with Crippen LogP contribution < -0.4 is 5.11 Å². The average molecular weight is 186 g/mol. The number of quaternary nitrogens is 1. The molecule has 0 fully saturated rings.